The lowest BCUT2D eigenvalue weighted by Crippen LogP contribution is -2.25. The number of aliphatic hydroxyl groups excluding tert-OH is 2. The molecule has 0 aliphatic rings. The summed E-state index contributed by atoms with van der Waals surface area (Å²) in [5.74, 6) is -1.03. The number of amides is 1. The average Bonchev–Trinajstić information content (AvgIpc) is 2.28. The van der Waals surface area contributed by atoms with Crippen molar-refractivity contribution in [3.05, 3.63) is 29.3 Å². The van der Waals surface area contributed by atoms with E-state index in [9.17, 15) is 20.1 Å². The number of hydrogen-bond acceptors (Lipinski definition) is 5. The van der Waals surface area contributed by atoms with E-state index >= 15 is 0 Å². The van der Waals surface area contributed by atoms with Crippen molar-refractivity contribution in [3.8, 4) is 11.8 Å². The van der Waals surface area contributed by atoms with Crippen LogP contribution in [0.1, 0.15) is 23.7 Å². The van der Waals surface area contributed by atoms with E-state index in [2.05, 4.69) is 0 Å². The van der Waals surface area contributed by atoms with Crippen molar-refractivity contribution in [2.24, 2.45) is 5.73 Å². The molecule has 2 atom stereocenters. The standard InChI is InChI=1S/C11H12N2O4/c12-5-6-1-2-8(14)7(3-6)11(17)9(15)4-10(13)16/h1-3,9,11,14-15,17H,4H2,(H2,13,16). The van der Waals surface area contributed by atoms with Gasteiger partial charge in [0.25, 0.3) is 0 Å². The quantitative estimate of drug-likeness (QED) is 0.562. The van der Waals surface area contributed by atoms with Crippen molar-refractivity contribution in [1.29, 1.82) is 5.26 Å². The lowest BCUT2D eigenvalue weighted by atomic mass is 9.99. The second-order valence-corrected chi connectivity index (χ2v) is 3.57. The van der Waals surface area contributed by atoms with Crippen molar-refractivity contribution in [2.75, 3.05) is 0 Å². The number of hydrogen-bond donors (Lipinski definition) is 4. The fraction of sp³-hybridized carbons (Fsp3) is 0.273. The summed E-state index contributed by atoms with van der Waals surface area (Å²) in [5, 5.41) is 37.4. The summed E-state index contributed by atoms with van der Waals surface area (Å²) in [6.07, 6.45) is -3.33. The highest BCUT2D eigenvalue weighted by Crippen LogP contribution is 2.28. The molecule has 0 saturated carbocycles. The summed E-state index contributed by atoms with van der Waals surface area (Å²) in [6, 6.07) is 5.67. The molecule has 0 heterocycles. The monoisotopic (exact) mass is 236 g/mol. The fourth-order valence-corrected chi connectivity index (χ4v) is 1.39. The van der Waals surface area contributed by atoms with Crippen LogP contribution in [0, 0.1) is 11.3 Å². The molecule has 6 heteroatoms. The van der Waals surface area contributed by atoms with Crippen molar-refractivity contribution in [1.82, 2.24) is 0 Å². The SMILES string of the molecule is N#Cc1ccc(O)c(C(O)C(O)CC(N)=O)c1. The Hall–Kier alpha value is -2.10. The molecular formula is C11H12N2O4. The molecule has 0 aliphatic carbocycles. The normalized spacial score (nSPS) is 13.7. The van der Waals surface area contributed by atoms with Crippen LogP contribution in [0.25, 0.3) is 0 Å². The number of primary amides is 1. The van der Waals surface area contributed by atoms with E-state index in [1.165, 1.54) is 18.2 Å². The number of nitriles is 1. The first kappa shape index (κ1) is 13.0. The Balaban J connectivity index is 2.99. The highest BCUT2D eigenvalue weighted by molar-refractivity contribution is 5.74. The van der Waals surface area contributed by atoms with Gasteiger partial charge in [0.15, 0.2) is 0 Å². The van der Waals surface area contributed by atoms with Gasteiger partial charge in [0.2, 0.25) is 5.91 Å². The minimum absolute atomic E-state index is 0.0159. The number of aliphatic hydroxyl groups is 2. The maximum atomic E-state index is 10.6. The van der Waals surface area contributed by atoms with Gasteiger partial charge < -0.3 is 21.1 Å². The average molecular weight is 236 g/mol. The van der Waals surface area contributed by atoms with Gasteiger partial charge in [-0.3, -0.25) is 4.79 Å². The molecular weight excluding hydrogens is 224 g/mol. The molecule has 0 fully saturated rings. The van der Waals surface area contributed by atoms with Gasteiger partial charge >= 0.3 is 0 Å². The number of aromatic hydroxyl groups is 1. The molecule has 17 heavy (non-hydrogen) atoms. The Morgan fingerprint density at radius 3 is 2.65 bits per heavy atom. The van der Waals surface area contributed by atoms with Crippen LogP contribution in [0.2, 0.25) is 0 Å². The van der Waals surface area contributed by atoms with Crippen LogP contribution < -0.4 is 5.73 Å². The number of carbonyl (C=O) groups excluding carboxylic acids is 1. The van der Waals surface area contributed by atoms with Crippen molar-refractivity contribution >= 4 is 5.91 Å². The maximum absolute atomic E-state index is 10.6. The van der Waals surface area contributed by atoms with Gasteiger partial charge in [0, 0.05) is 5.56 Å². The number of phenolic OH excluding ortho intramolecular Hbond substituents is 1. The summed E-state index contributed by atoms with van der Waals surface area (Å²) >= 11 is 0. The molecule has 1 rings (SSSR count). The maximum Gasteiger partial charge on any atom is 0.220 e. The first-order valence-corrected chi connectivity index (χ1v) is 4.83. The lowest BCUT2D eigenvalue weighted by Gasteiger charge is -2.17. The fourth-order valence-electron chi connectivity index (χ4n) is 1.39. The third-order valence-corrected chi connectivity index (χ3v) is 2.25. The van der Waals surface area contributed by atoms with E-state index in [0.29, 0.717) is 0 Å². The molecule has 1 aromatic rings. The number of nitrogens with two attached hydrogens (primary N) is 1. The van der Waals surface area contributed by atoms with Crippen LogP contribution in [0.5, 0.6) is 5.75 Å². The van der Waals surface area contributed by atoms with Crippen molar-refractivity contribution in [2.45, 2.75) is 18.6 Å². The van der Waals surface area contributed by atoms with Gasteiger partial charge in [-0.1, -0.05) is 0 Å². The van der Waals surface area contributed by atoms with Gasteiger partial charge in [-0.15, -0.1) is 0 Å². The molecule has 0 aromatic heterocycles. The molecule has 0 saturated heterocycles. The Morgan fingerprint density at radius 2 is 2.12 bits per heavy atom. The molecule has 2 unspecified atom stereocenters. The van der Waals surface area contributed by atoms with Gasteiger partial charge in [-0.2, -0.15) is 5.26 Å². The predicted molar refractivity (Wildman–Crippen MR) is 57.6 cm³/mol. The number of rotatable bonds is 4. The molecule has 6 nitrogen and oxygen atoms in total. The van der Waals surface area contributed by atoms with Gasteiger partial charge in [-0.05, 0) is 18.2 Å². The van der Waals surface area contributed by atoms with Gasteiger partial charge in [-0.25, -0.2) is 0 Å². The Morgan fingerprint density at radius 1 is 1.47 bits per heavy atom. The van der Waals surface area contributed by atoms with E-state index in [-0.39, 0.29) is 16.9 Å². The zero-order chi connectivity index (χ0) is 13.0. The summed E-state index contributed by atoms with van der Waals surface area (Å²) in [7, 11) is 0. The van der Waals surface area contributed by atoms with Crippen LogP contribution in [0.4, 0.5) is 0 Å². The van der Waals surface area contributed by atoms with E-state index < -0.39 is 24.5 Å². The molecule has 0 spiro atoms. The van der Waals surface area contributed by atoms with E-state index in [1.807, 2.05) is 6.07 Å². The van der Waals surface area contributed by atoms with Crippen LogP contribution in [0.15, 0.2) is 18.2 Å². The second kappa shape index (κ2) is 5.30. The van der Waals surface area contributed by atoms with Gasteiger partial charge in [0.05, 0.1) is 24.2 Å². The third kappa shape index (κ3) is 3.17. The zero-order valence-electron chi connectivity index (χ0n) is 8.87. The van der Waals surface area contributed by atoms with E-state index in [0.717, 1.165) is 0 Å². The van der Waals surface area contributed by atoms with Crippen LogP contribution >= 0.6 is 0 Å². The Bertz CT molecular complexity index is 467. The summed E-state index contributed by atoms with van der Waals surface area (Å²) in [5.41, 5.74) is 5.09. The molecule has 0 radical (unpaired) electrons. The van der Waals surface area contributed by atoms with Crippen molar-refractivity contribution < 1.29 is 20.1 Å². The molecule has 0 aliphatic heterocycles. The van der Waals surface area contributed by atoms with Gasteiger partial charge in [0.1, 0.15) is 11.9 Å². The third-order valence-electron chi connectivity index (χ3n) is 2.25. The van der Waals surface area contributed by atoms with E-state index in [4.69, 9.17) is 11.0 Å². The first-order chi connectivity index (χ1) is 7.95. The molecule has 0 bridgehead atoms. The highest BCUT2D eigenvalue weighted by atomic mass is 16.3. The van der Waals surface area contributed by atoms with Crippen LogP contribution in [-0.2, 0) is 4.79 Å². The molecule has 90 valence electrons. The minimum Gasteiger partial charge on any atom is -0.508 e. The smallest absolute Gasteiger partial charge is 0.220 e. The molecule has 5 N–H and O–H groups in total. The summed E-state index contributed by atoms with van der Waals surface area (Å²) < 4.78 is 0. The van der Waals surface area contributed by atoms with Crippen molar-refractivity contribution in [3.63, 3.8) is 0 Å². The number of benzene rings is 1. The van der Waals surface area contributed by atoms with Crippen LogP contribution in [0.3, 0.4) is 0 Å². The first-order valence-electron chi connectivity index (χ1n) is 4.83. The largest absolute Gasteiger partial charge is 0.508 e. The lowest BCUT2D eigenvalue weighted by molar-refractivity contribution is -0.121. The predicted octanol–water partition coefficient (Wildman–Crippen LogP) is -0.466. The van der Waals surface area contributed by atoms with E-state index in [1.54, 1.807) is 0 Å². The Kier molecular flexibility index (Phi) is 4.04. The summed E-state index contributed by atoms with van der Waals surface area (Å²) in [6.45, 7) is 0. The van der Waals surface area contributed by atoms with Crippen LogP contribution in [-0.4, -0.2) is 27.3 Å². The Labute approximate surface area is 97.5 Å². The molecule has 1 aromatic carbocycles. The zero-order valence-corrected chi connectivity index (χ0v) is 8.87. The summed E-state index contributed by atoms with van der Waals surface area (Å²) in [4.78, 5) is 10.6. The highest BCUT2D eigenvalue weighted by Gasteiger charge is 2.23. The second-order valence-electron chi connectivity index (χ2n) is 3.57. The topological polar surface area (TPSA) is 128 Å². The number of phenols is 1. The number of nitrogens with zero attached hydrogens (tertiary/aromatic N) is 1. The minimum atomic E-state index is -1.48. The molecule has 1 amide bonds. The number of carbonyl (C=O) groups is 1.